The Morgan fingerprint density at radius 2 is 2.00 bits per heavy atom. The predicted octanol–water partition coefficient (Wildman–Crippen LogP) is 3.07. The first-order valence-corrected chi connectivity index (χ1v) is 8.56. The molecule has 0 amide bonds. The van der Waals surface area contributed by atoms with Gasteiger partial charge < -0.3 is 20.1 Å². The number of aliphatic imine (C=N–C) groups is 1. The molecule has 0 saturated heterocycles. The minimum Gasteiger partial charge on any atom is -0.496 e. The highest BCUT2D eigenvalue weighted by Gasteiger charge is 2.05. The highest BCUT2D eigenvalue weighted by atomic mass is 127. The highest BCUT2D eigenvalue weighted by Crippen LogP contribution is 2.19. The van der Waals surface area contributed by atoms with Gasteiger partial charge in [-0.2, -0.15) is 0 Å². The van der Waals surface area contributed by atoms with Gasteiger partial charge in [-0.15, -0.1) is 24.0 Å². The van der Waals surface area contributed by atoms with Crippen LogP contribution in [0.1, 0.15) is 24.0 Å². The summed E-state index contributed by atoms with van der Waals surface area (Å²) in [4.78, 5) is 4.28. The molecule has 1 aromatic carbocycles. The second-order valence-corrected chi connectivity index (χ2v) is 5.92. The Morgan fingerprint density at radius 3 is 2.64 bits per heavy atom. The van der Waals surface area contributed by atoms with E-state index in [-0.39, 0.29) is 24.0 Å². The summed E-state index contributed by atoms with van der Waals surface area (Å²) in [7, 11) is 3.52. The topological polar surface area (TPSA) is 54.9 Å². The number of hydrogen-bond acceptors (Lipinski definition) is 3. The van der Waals surface area contributed by atoms with Crippen molar-refractivity contribution in [2.24, 2.45) is 4.99 Å². The van der Waals surface area contributed by atoms with Crippen LogP contribution in [0.2, 0.25) is 0 Å². The lowest BCUT2D eigenvalue weighted by atomic mass is 10.1. The number of hydrogen-bond donors (Lipinski definition) is 2. The molecule has 0 aromatic heterocycles. The van der Waals surface area contributed by atoms with Crippen molar-refractivity contribution in [1.82, 2.24) is 10.6 Å². The van der Waals surface area contributed by atoms with E-state index >= 15 is 0 Å². The lowest BCUT2D eigenvalue weighted by Crippen LogP contribution is -2.38. The number of methoxy groups -OCH3 is 1. The van der Waals surface area contributed by atoms with Crippen molar-refractivity contribution in [3.63, 3.8) is 0 Å². The standard InChI is InChI=1S/C19H29N3O2.HI/c1-15-4-5-17(14-18(15)23-3)7-11-22-19(20-2)21-10-6-16-8-12-24-13-9-16;/h4-5,8,14H,6-7,9-13H2,1-3H3,(H2,20,21,22);1H. The maximum atomic E-state index is 5.37. The molecule has 0 spiro atoms. The zero-order valence-corrected chi connectivity index (χ0v) is 17.8. The molecular weight excluding hydrogens is 429 g/mol. The second-order valence-electron chi connectivity index (χ2n) is 5.92. The van der Waals surface area contributed by atoms with E-state index < -0.39 is 0 Å². The fourth-order valence-corrected chi connectivity index (χ4v) is 2.70. The van der Waals surface area contributed by atoms with Crippen LogP contribution < -0.4 is 15.4 Å². The smallest absolute Gasteiger partial charge is 0.190 e. The van der Waals surface area contributed by atoms with Crippen LogP contribution in [-0.4, -0.2) is 46.4 Å². The third-order valence-electron chi connectivity index (χ3n) is 4.20. The van der Waals surface area contributed by atoms with Crippen LogP contribution >= 0.6 is 24.0 Å². The molecule has 0 fully saturated rings. The summed E-state index contributed by atoms with van der Waals surface area (Å²) >= 11 is 0. The number of benzene rings is 1. The summed E-state index contributed by atoms with van der Waals surface area (Å²) in [5, 5.41) is 6.73. The Kier molecular flexibility index (Phi) is 10.6. The number of nitrogens with zero attached hydrogens (tertiary/aromatic N) is 1. The molecule has 6 heteroatoms. The van der Waals surface area contributed by atoms with Crippen molar-refractivity contribution >= 4 is 29.9 Å². The number of rotatable bonds is 7. The Bertz CT molecular complexity index is 588. The summed E-state index contributed by atoms with van der Waals surface area (Å²) in [6.45, 7) is 5.38. The molecular formula is C19H30IN3O2. The van der Waals surface area contributed by atoms with Crippen molar-refractivity contribution in [3.05, 3.63) is 41.0 Å². The molecule has 0 aliphatic carbocycles. The Morgan fingerprint density at radius 1 is 1.24 bits per heavy atom. The Balaban J connectivity index is 0.00000312. The van der Waals surface area contributed by atoms with E-state index in [1.807, 2.05) is 0 Å². The maximum Gasteiger partial charge on any atom is 0.190 e. The third-order valence-corrected chi connectivity index (χ3v) is 4.20. The molecule has 2 N–H and O–H groups in total. The summed E-state index contributed by atoms with van der Waals surface area (Å²) in [5.74, 6) is 1.79. The molecule has 1 heterocycles. The van der Waals surface area contributed by atoms with Crippen LogP contribution in [0.4, 0.5) is 0 Å². The fraction of sp³-hybridized carbons (Fsp3) is 0.526. The van der Waals surface area contributed by atoms with Crippen molar-refractivity contribution in [2.75, 3.05) is 40.5 Å². The predicted molar refractivity (Wildman–Crippen MR) is 114 cm³/mol. The molecule has 5 nitrogen and oxygen atoms in total. The third kappa shape index (κ3) is 7.64. The van der Waals surface area contributed by atoms with Gasteiger partial charge in [-0.05, 0) is 43.4 Å². The molecule has 1 aliphatic heterocycles. The van der Waals surface area contributed by atoms with E-state index in [0.717, 1.165) is 62.8 Å². The zero-order valence-electron chi connectivity index (χ0n) is 15.4. The molecule has 1 aromatic rings. The van der Waals surface area contributed by atoms with E-state index in [1.165, 1.54) is 11.1 Å². The van der Waals surface area contributed by atoms with Crippen LogP contribution in [0.5, 0.6) is 5.75 Å². The van der Waals surface area contributed by atoms with Crippen LogP contribution in [0.15, 0.2) is 34.8 Å². The van der Waals surface area contributed by atoms with Crippen LogP contribution in [-0.2, 0) is 11.2 Å². The second kappa shape index (κ2) is 12.1. The van der Waals surface area contributed by atoms with Gasteiger partial charge in [0, 0.05) is 20.1 Å². The van der Waals surface area contributed by atoms with Crippen molar-refractivity contribution in [1.29, 1.82) is 0 Å². The fourth-order valence-electron chi connectivity index (χ4n) is 2.70. The largest absolute Gasteiger partial charge is 0.496 e. The van der Waals surface area contributed by atoms with Crippen LogP contribution in [0, 0.1) is 6.92 Å². The van der Waals surface area contributed by atoms with Gasteiger partial charge in [-0.25, -0.2) is 0 Å². The number of guanidine groups is 1. The normalized spacial score (nSPS) is 14.4. The molecule has 0 atom stereocenters. The maximum absolute atomic E-state index is 5.37. The van der Waals surface area contributed by atoms with Gasteiger partial charge in [0.2, 0.25) is 0 Å². The lowest BCUT2D eigenvalue weighted by molar-refractivity contribution is 0.153. The molecule has 0 bridgehead atoms. The summed E-state index contributed by atoms with van der Waals surface area (Å²) in [6.07, 6.45) is 5.20. The summed E-state index contributed by atoms with van der Waals surface area (Å²) < 4.78 is 10.7. The highest BCUT2D eigenvalue weighted by molar-refractivity contribution is 14.0. The van der Waals surface area contributed by atoms with Gasteiger partial charge >= 0.3 is 0 Å². The molecule has 1 aliphatic rings. The van der Waals surface area contributed by atoms with E-state index in [2.05, 4.69) is 46.8 Å². The Hall–Kier alpha value is -1.28. The average Bonchev–Trinajstić information content (AvgIpc) is 2.62. The first-order chi connectivity index (χ1) is 11.7. The first kappa shape index (κ1) is 21.8. The average molecular weight is 459 g/mol. The van der Waals surface area contributed by atoms with E-state index in [1.54, 1.807) is 14.2 Å². The van der Waals surface area contributed by atoms with E-state index in [4.69, 9.17) is 9.47 Å². The van der Waals surface area contributed by atoms with Gasteiger partial charge in [-0.3, -0.25) is 4.99 Å². The van der Waals surface area contributed by atoms with Crippen LogP contribution in [0.25, 0.3) is 0 Å². The number of aryl methyl sites for hydroxylation is 1. The quantitative estimate of drug-likeness (QED) is 0.285. The monoisotopic (exact) mass is 459 g/mol. The molecule has 0 unspecified atom stereocenters. The minimum atomic E-state index is 0. The number of halogens is 1. The van der Waals surface area contributed by atoms with Crippen molar-refractivity contribution in [3.8, 4) is 5.75 Å². The van der Waals surface area contributed by atoms with E-state index in [9.17, 15) is 0 Å². The summed E-state index contributed by atoms with van der Waals surface area (Å²) in [5.41, 5.74) is 3.89. The number of ether oxygens (including phenoxy) is 2. The zero-order chi connectivity index (χ0) is 17.2. The first-order valence-electron chi connectivity index (χ1n) is 8.56. The minimum absolute atomic E-state index is 0. The molecule has 2 rings (SSSR count). The van der Waals surface area contributed by atoms with Gasteiger partial charge in [0.05, 0.1) is 20.3 Å². The molecule has 25 heavy (non-hydrogen) atoms. The van der Waals surface area contributed by atoms with E-state index in [0.29, 0.717) is 0 Å². The lowest BCUT2D eigenvalue weighted by Gasteiger charge is -2.15. The van der Waals surface area contributed by atoms with Crippen molar-refractivity contribution < 1.29 is 9.47 Å². The van der Waals surface area contributed by atoms with Gasteiger partial charge in [0.25, 0.3) is 0 Å². The van der Waals surface area contributed by atoms with Gasteiger partial charge in [-0.1, -0.05) is 23.8 Å². The SMILES string of the molecule is CN=C(NCCC1=CCOCC1)NCCc1ccc(C)c(OC)c1.I. The van der Waals surface area contributed by atoms with Crippen molar-refractivity contribution in [2.45, 2.75) is 26.2 Å². The number of nitrogens with one attached hydrogen (secondary N) is 2. The Labute approximate surface area is 168 Å². The van der Waals surface area contributed by atoms with Gasteiger partial charge in [0.15, 0.2) is 5.96 Å². The molecule has 0 saturated carbocycles. The summed E-state index contributed by atoms with van der Waals surface area (Å²) in [6, 6.07) is 6.35. The molecule has 0 radical (unpaired) electrons. The van der Waals surface area contributed by atoms with Crippen LogP contribution in [0.3, 0.4) is 0 Å². The molecule has 140 valence electrons. The van der Waals surface area contributed by atoms with Gasteiger partial charge in [0.1, 0.15) is 5.75 Å².